The van der Waals surface area contributed by atoms with E-state index in [9.17, 15) is 9.59 Å². The van der Waals surface area contributed by atoms with Crippen LogP contribution in [0.5, 0.6) is 0 Å². The van der Waals surface area contributed by atoms with Crippen molar-refractivity contribution >= 4 is 23.6 Å². The van der Waals surface area contributed by atoms with Gasteiger partial charge in [-0.1, -0.05) is 31.0 Å². The van der Waals surface area contributed by atoms with Crippen molar-refractivity contribution in [2.75, 3.05) is 0 Å². The Kier molecular flexibility index (Phi) is 5.48. The monoisotopic (exact) mass is 341 g/mol. The number of nitrogens with one attached hydrogen (secondary N) is 2. The van der Waals surface area contributed by atoms with Gasteiger partial charge in [-0.3, -0.25) is 20.4 Å². The zero-order valence-electron chi connectivity index (χ0n) is 13.2. The molecule has 1 aromatic heterocycles. The number of aromatic nitrogens is 1. The molecular weight excluding hydrogens is 322 g/mol. The Balaban J connectivity index is 1.63. The van der Waals surface area contributed by atoms with Gasteiger partial charge in [0.25, 0.3) is 11.8 Å². The molecule has 0 bridgehead atoms. The lowest BCUT2D eigenvalue weighted by Crippen LogP contribution is -2.41. The van der Waals surface area contributed by atoms with Gasteiger partial charge in [0.1, 0.15) is 5.03 Å². The maximum atomic E-state index is 12.4. The Labute approximate surface area is 145 Å². The van der Waals surface area contributed by atoms with Crippen molar-refractivity contribution in [3.8, 4) is 0 Å². The lowest BCUT2D eigenvalue weighted by molar-refractivity contribution is 0.0844. The molecular formula is C18H19N3O2S. The summed E-state index contributed by atoms with van der Waals surface area (Å²) in [6.45, 7) is 0. The molecule has 2 aromatic rings. The van der Waals surface area contributed by atoms with Gasteiger partial charge < -0.3 is 0 Å². The van der Waals surface area contributed by atoms with E-state index in [1.807, 2.05) is 6.07 Å². The standard InChI is InChI=1S/C18H19N3O2S/c22-16(13-7-2-1-3-8-13)20-21-17(23)15-11-6-12-19-18(15)24-14-9-4-5-10-14/h1-3,6-8,11-12,14H,4-5,9-10H2,(H,20,22)(H,21,23). The maximum absolute atomic E-state index is 12.4. The molecule has 2 N–H and O–H groups in total. The SMILES string of the molecule is O=C(NNC(=O)c1cccnc1SC1CCCC1)c1ccccc1. The van der Waals surface area contributed by atoms with E-state index in [1.54, 1.807) is 54.4 Å². The first-order valence-electron chi connectivity index (χ1n) is 8.01. The van der Waals surface area contributed by atoms with Crippen molar-refractivity contribution in [1.82, 2.24) is 15.8 Å². The lowest BCUT2D eigenvalue weighted by atomic mass is 10.2. The molecule has 24 heavy (non-hydrogen) atoms. The quantitative estimate of drug-likeness (QED) is 0.838. The Hall–Kier alpha value is -2.34. The smallest absolute Gasteiger partial charge is 0.267 e. The van der Waals surface area contributed by atoms with Crippen molar-refractivity contribution in [3.63, 3.8) is 0 Å². The number of thioether (sulfide) groups is 1. The van der Waals surface area contributed by atoms with Gasteiger partial charge in [-0.05, 0) is 37.1 Å². The van der Waals surface area contributed by atoms with Crippen LogP contribution in [0.4, 0.5) is 0 Å². The molecule has 5 nitrogen and oxygen atoms in total. The molecule has 2 amide bonds. The third-order valence-corrected chi connectivity index (χ3v) is 5.28. The van der Waals surface area contributed by atoms with Crippen molar-refractivity contribution < 1.29 is 9.59 Å². The van der Waals surface area contributed by atoms with Crippen LogP contribution in [0.15, 0.2) is 53.7 Å². The molecule has 1 aliphatic carbocycles. The van der Waals surface area contributed by atoms with Crippen LogP contribution < -0.4 is 10.9 Å². The predicted molar refractivity (Wildman–Crippen MR) is 93.7 cm³/mol. The van der Waals surface area contributed by atoms with Gasteiger partial charge in [-0.2, -0.15) is 0 Å². The van der Waals surface area contributed by atoms with Gasteiger partial charge in [0.2, 0.25) is 0 Å². The Morgan fingerprint density at radius 1 is 0.958 bits per heavy atom. The number of nitrogens with zero attached hydrogens (tertiary/aromatic N) is 1. The average Bonchev–Trinajstić information content (AvgIpc) is 3.13. The minimum absolute atomic E-state index is 0.349. The first kappa shape index (κ1) is 16.5. The fourth-order valence-electron chi connectivity index (χ4n) is 2.66. The Morgan fingerprint density at radius 3 is 2.42 bits per heavy atom. The van der Waals surface area contributed by atoms with Crippen LogP contribution in [-0.4, -0.2) is 22.0 Å². The molecule has 6 heteroatoms. The van der Waals surface area contributed by atoms with Gasteiger partial charge in [0.15, 0.2) is 0 Å². The molecule has 1 aromatic carbocycles. The zero-order valence-corrected chi connectivity index (χ0v) is 14.0. The lowest BCUT2D eigenvalue weighted by Gasteiger charge is -2.12. The molecule has 1 aliphatic rings. The van der Waals surface area contributed by atoms with Crippen LogP contribution in [0, 0.1) is 0 Å². The van der Waals surface area contributed by atoms with E-state index in [-0.39, 0.29) is 11.8 Å². The molecule has 1 saturated carbocycles. The second-order valence-corrected chi connectivity index (χ2v) is 6.94. The van der Waals surface area contributed by atoms with Crippen LogP contribution in [0.1, 0.15) is 46.4 Å². The van der Waals surface area contributed by atoms with Gasteiger partial charge in [-0.25, -0.2) is 4.98 Å². The number of benzene rings is 1. The van der Waals surface area contributed by atoms with Crippen LogP contribution in [0.3, 0.4) is 0 Å². The Bertz CT molecular complexity index is 715. The normalized spacial score (nSPS) is 14.3. The number of carbonyl (C=O) groups excluding carboxylic acids is 2. The van der Waals surface area contributed by atoms with Crippen LogP contribution >= 0.6 is 11.8 Å². The zero-order chi connectivity index (χ0) is 16.8. The van der Waals surface area contributed by atoms with Crippen molar-refractivity contribution in [3.05, 3.63) is 59.8 Å². The number of rotatable bonds is 4. The summed E-state index contributed by atoms with van der Waals surface area (Å²) in [5, 5.41) is 1.24. The number of hydrogen-bond donors (Lipinski definition) is 2. The van der Waals surface area contributed by atoms with E-state index in [2.05, 4.69) is 15.8 Å². The van der Waals surface area contributed by atoms with Gasteiger partial charge in [0.05, 0.1) is 5.56 Å². The fraction of sp³-hybridized carbons (Fsp3) is 0.278. The van der Waals surface area contributed by atoms with E-state index in [0.717, 1.165) is 17.9 Å². The molecule has 3 rings (SSSR count). The predicted octanol–water partition coefficient (Wildman–Crippen LogP) is 3.19. The largest absolute Gasteiger partial charge is 0.272 e. The average molecular weight is 341 g/mol. The number of hydrogen-bond acceptors (Lipinski definition) is 4. The molecule has 0 spiro atoms. The minimum Gasteiger partial charge on any atom is -0.267 e. The summed E-state index contributed by atoms with van der Waals surface area (Å²) < 4.78 is 0. The minimum atomic E-state index is -0.354. The van der Waals surface area contributed by atoms with Crippen LogP contribution in [0.25, 0.3) is 0 Å². The highest BCUT2D eigenvalue weighted by Crippen LogP contribution is 2.34. The van der Waals surface area contributed by atoms with Crippen LogP contribution in [0.2, 0.25) is 0 Å². The summed E-state index contributed by atoms with van der Waals surface area (Å²) in [5.74, 6) is -0.703. The molecule has 0 aliphatic heterocycles. The molecule has 0 radical (unpaired) electrons. The second-order valence-electron chi connectivity index (χ2n) is 5.65. The number of carbonyl (C=O) groups is 2. The molecule has 1 fully saturated rings. The Morgan fingerprint density at radius 2 is 1.67 bits per heavy atom. The summed E-state index contributed by atoms with van der Waals surface area (Å²) in [7, 11) is 0. The number of amides is 2. The summed E-state index contributed by atoms with van der Waals surface area (Å²) >= 11 is 1.65. The highest BCUT2D eigenvalue weighted by Gasteiger charge is 2.21. The topological polar surface area (TPSA) is 71.1 Å². The summed E-state index contributed by atoms with van der Waals surface area (Å²) in [4.78, 5) is 28.7. The number of pyridine rings is 1. The first-order chi connectivity index (χ1) is 11.7. The van der Waals surface area contributed by atoms with E-state index in [0.29, 0.717) is 16.4 Å². The van der Waals surface area contributed by atoms with Gasteiger partial charge in [0, 0.05) is 17.0 Å². The van der Waals surface area contributed by atoms with Crippen molar-refractivity contribution in [2.45, 2.75) is 36.0 Å². The van der Waals surface area contributed by atoms with Crippen molar-refractivity contribution in [1.29, 1.82) is 0 Å². The molecule has 0 saturated heterocycles. The molecule has 0 unspecified atom stereocenters. The van der Waals surface area contributed by atoms with E-state index in [1.165, 1.54) is 12.8 Å². The van der Waals surface area contributed by atoms with Gasteiger partial charge in [-0.15, -0.1) is 11.8 Å². The molecule has 124 valence electrons. The summed E-state index contributed by atoms with van der Waals surface area (Å²) in [6.07, 6.45) is 6.48. The maximum Gasteiger partial charge on any atom is 0.272 e. The fourth-order valence-corrected chi connectivity index (χ4v) is 3.96. The van der Waals surface area contributed by atoms with Crippen molar-refractivity contribution in [2.24, 2.45) is 0 Å². The summed E-state index contributed by atoms with van der Waals surface area (Å²) in [5.41, 5.74) is 5.89. The van der Waals surface area contributed by atoms with E-state index >= 15 is 0 Å². The third-order valence-electron chi connectivity index (χ3n) is 3.92. The van der Waals surface area contributed by atoms with E-state index < -0.39 is 0 Å². The highest BCUT2D eigenvalue weighted by molar-refractivity contribution is 7.99. The van der Waals surface area contributed by atoms with Crippen LogP contribution in [-0.2, 0) is 0 Å². The molecule has 1 heterocycles. The molecule has 0 atom stereocenters. The first-order valence-corrected chi connectivity index (χ1v) is 8.89. The summed E-state index contributed by atoms with van der Waals surface area (Å²) in [6, 6.07) is 12.2. The highest BCUT2D eigenvalue weighted by atomic mass is 32.2. The van der Waals surface area contributed by atoms with E-state index in [4.69, 9.17) is 0 Å². The number of hydrazine groups is 1. The second kappa shape index (κ2) is 7.97. The van der Waals surface area contributed by atoms with Gasteiger partial charge >= 0.3 is 0 Å². The third kappa shape index (κ3) is 4.14.